The van der Waals surface area contributed by atoms with Crippen molar-refractivity contribution in [3.8, 4) is 5.75 Å². The number of benzene rings is 1. The SMILES string of the molecule is CC(C)c1c(O)c(C=O)cc2c1CC[C@H]1C(C)(C)CCC[C@]21C. The second kappa shape index (κ2) is 5.36. The van der Waals surface area contributed by atoms with Crippen LogP contribution in [0.15, 0.2) is 6.07 Å². The average molecular weight is 314 g/mol. The molecular weight excluding hydrogens is 284 g/mol. The van der Waals surface area contributed by atoms with Crippen molar-refractivity contribution in [2.45, 2.75) is 78.1 Å². The lowest BCUT2D eigenvalue weighted by molar-refractivity contribution is 0.0404. The first-order chi connectivity index (χ1) is 10.7. The number of aromatic hydroxyl groups is 1. The molecule has 1 fully saturated rings. The second-order valence-corrected chi connectivity index (χ2v) is 8.88. The maximum atomic E-state index is 11.5. The fraction of sp³-hybridized carbons (Fsp3) is 0.667. The van der Waals surface area contributed by atoms with Crippen molar-refractivity contribution < 1.29 is 9.90 Å². The number of hydrogen-bond acceptors (Lipinski definition) is 2. The van der Waals surface area contributed by atoms with Crippen LogP contribution in [-0.4, -0.2) is 11.4 Å². The zero-order chi connectivity index (χ0) is 17.0. The molecule has 2 aliphatic rings. The maximum absolute atomic E-state index is 11.5. The summed E-state index contributed by atoms with van der Waals surface area (Å²) < 4.78 is 0. The minimum atomic E-state index is 0.129. The molecule has 1 aromatic carbocycles. The van der Waals surface area contributed by atoms with E-state index in [9.17, 15) is 9.90 Å². The van der Waals surface area contributed by atoms with E-state index in [1.807, 2.05) is 6.07 Å². The molecule has 2 nitrogen and oxygen atoms in total. The highest BCUT2D eigenvalue weighted by Crippen LogP contribution is 2.58. The third kappa shape index (κ3) is 2.33. The number of phenols is 1. The standard InChI is InChI=1S/C21H30O2/c1-13(2)18-15-7-8-17-20(3,4)9-6-10-21(17,5)16(15)11-14(12-22)19(18)23/h11-13,17,23H,6-10H2,1-5H3/t17-,21+/m0/s1. The molecular formula is C21H30O2. The average Bonchev–Trinajstić information content (AvgIpc) is 2.45. The Morgan fingerprint density at radius 1 is 1.26 bits per heavy atom. The molecule has 23 heavy (non-hydrogen) atoms. The summed E-state index contributed by atoms with van der Waals surface area (Å²) in [5, 5.41) is 10.6. The molecule has 0 aliphatic heterocycles. The normalized spacial score (nSPS) is 29.0. The predicted octanol–water partition coefficient (Wildman–Crippen LogP) is 5.36. The Morgan fingerprint density at radius 3 is 2.57 bits per heavy atom. The third-order valence-corrected chi connectivity index (χ3v) is 6.71. The molecule has 0 unspecified atom stereocenters. The lowest BCUT2D eigenvalue weighted by Crippen LogP contribution is -2.48. The Balaban J connectivity index is 2.26. The smallest absolute Gasteiger partial charge is 0.153 e. The summed E-state index contributed by atoms with van der Waals surface area (Å²) in [6.45, 7) is 11.4. The summed E-state index contributed by atoms with van der Waals surface area (Å²) in [6.07, 6.45) is 6.76. The lowest BCUT2D eigenvalue weighted by Gasteiger charge is -2.55. The summed E-state index contributed by atoms with van der Waals surface area (Å²) >= 11 is 0. The molecule has 0 heterocycles. The molecule has 126 valence electrons. The summed E-state index contributed by atoms with van der Waals surface area (Å²) in [4.78, 5) is 11.5. The van der Waals surface area contributed by atoms with Gasteiger partial charge in [-0.25, -0.2) is 0 Å². The quantitative estimate of drug-likeness (QED) is 0.746. The van der Waals surface area contributed by atoms with Crippen molar-refractivity contribution in [1.82, 2.24) is 0 Å². The Morgan fingerprint density at radius 2 is 1.96 bits per heavy atom. The van der Waals surface area contributed by atoms with E-state index in [-0.39, 0.29) is 17.1 Å². The van der Waals surface area contributed by atoms with Crippen LogP contribution in [0.25, 0.3) is 0 Å². The molecule has 0 amide bonds. The Hall–Kier alpha value is -1.31. The van der Waals surface area contributed by atoms with Crippen molar-refractivity contribution in [3.05, 3.63) is 28.3 Å². The van der Waals surface area contributed by atoms with Crippen LogP contribution in [-0.2, 0) is 11.8 Å². The van der Waals surface area contributed by atoms with Crippen molar-refractivity contribution in [1.29, 1.82) is 0 Å². The number of fused-ring (bicyclic) bond motifs is 3. The number of hydrogen-bond donors (Lipinski definition) is 1. The molecule has 2 aliphatic carbocycles. The predicted molar refractivity (Wildman–Crippen MR) is 94.4 cm³/mol. The van der Waals surface area contributed by atoms with Crippen molar-refractivity contribution in [2.75, 3.05) is 0 Å². The third-order valence-electron chi connectivity index (χ3n) is 6.71. The zero-order valence-corrected chi connectivity index (χ0v) is 15.2. The highest BCUT2D eigenvalue weighted by atomic mass is 16.3. The lowest BCUT2D eigenvalue weighted by atomic mass is 9.50. The first kappa shape index (κ1) is 16.5. The van der Waals surface area contributed by atoms with E-state index in [0.29, 0.717) is 16.9 Å². The van der Waals surface area contributed by atoms with Crippen LogP contribution >= 0.6 is 0 Å². The number of carbonyl (C=O) groups excluding carboxylic acids is 1. The fourth-order valence-electron chi connectivity index (χ4n) is 5.69. The van der Waals surface area contributed by atoms with Crippen LogP contribution in [0.3, 0.4) is 0 Å². The van der Waals surface area contributed by atoms with Crippen LogP contribution in [0, 0.1) is 11.3 Å². The summed E-state index contributed by atoms with van der Waals surface area (Å²) in [5.41, 5.74) is 4.61. The summed E-state index contributed by atoms with van der Waals surface area (Å²) in [5.74, 6) is 1.10. The molecule has 3 rings (SSSR count). The van der Waals surface area contributed by atoms with E-state index in [2.05, 4.69) is 34.6 Å². The Kier molecular flexibility index (Phi) is 3.85. The van der Waals surface area contributed by atoms with E-state index in [4.69, 9.17) is 0 Å². The van der Waals surface area contributed by atoms with Crippen LogP contribution in [0.1, 0.15) is 93.3 Å². The first-order valence-corrected chi connectivity index (χ1v) is 9.06. The van der Waals surface area contributed by atoms with Gasteiger partial charge < -0.3 is 5.11 Å². The van der Waals surface area contributed by atoms with E-state index in [0.717, 1.165) is 18.3 Å². The van der Waals surface area contributed by atoms with Gasteiger partial charge in [0.1, 0.15) is 5.75 Å². The topological polar surface area (TPSA) is 37.3 Å². The number of rotatable bonds is 2. The van der Waals surface area contributed by atoms with Gasteiger partial charge in [0.05, 0.1) is 5.56 Å². The van der Waals surface area contributed by atoms with Gasteiger partial charge in [-0.15, -0.1) is 0 Å². The van der Waals surface area contributed by atoms with Crippen LogP contribution in [0.2, 0.25) is 0 Å². The zero-order valence-electron chi connectivity index (χ0n) is 15.2. The number of carbonyl (C=O) groups is 1. The molecule has 0 radical (unpaired) electrons. The van der Waals surface area contributed by atoms with Gasteiger partial charge in [0.2, 0.25) is 0 Å². The summed E-state index contributed by atoms with van der Waals surface area (Å²) in [6, 6.07) is 2.00. The highest BCUT2D eigenvalue weighted by molar-refractivity contribution is 5.82. The maximum Gasteiger partial charge on any atom is 0.153 e. The molecule has 0 aromatic heterocycles. The van der Waals surface area contributed by atoms with Gasteiger partial charge in [-0.05, 0) is 65.5 Å². The van der Waals surface area contributed by atoms with Gasteiger partial charge in [-0.3, -0.25) is 4.79 Å². The molecule has 0 spiro atoms. The van der Waals surface area contributed by atoms with E-state index < -0.39 is 0 Å². The molecule has 1 saturated carbocycles. The van der Waals surface area contributed by atoms with Crippen LogP contribution in [0.4, 0.5) is 0 Å². The van der Waals surface area contributed by atoms with Crippen molar-refractivity contribution in [3.63, 3.8) is 0 Å². The van der Waals surface area contributed by atoms with Crippen molar-refractivity contribution in [2.24, 2.45) is 11.3 Å². The van der Waals surface area contributed by atoms with Gasteiger partial charge >= 0.3 is 0 Å². The summed E-state index contributed by atoms with van der Waals surface area (Å²) in [7, 11) is 0. The van der Waals surface area contributed by atoms with Gasteiger partial charge in [-0.1, -0.05) is 41.0 Å². The Labute approximate surface area is 140 Å². The molecule has 0 saturated heterocycles. The minimum Gasteiger partial charge on any atom is -0.507 e. The van der Waals surface area contributed by atoms with Crippen molar-refractivity contribution >= 4 is 6.29 Å². The minimum absolute atomic E-state index is 0.129. The number of aldehydes is 1. The van der Waals surface area contributed by atoms with Crippen LogP contribution in [0.5, 0.6) is 5.75 Å². The highest BCUT2D eigenvalue weighted by Gasteiger charge is 2.50. The van der Waals surface area contributed by atoms with E-state index in [1.165, 1.54) is 36.8 Å². The first-order valence-electron chi connectivity index (χ1n) is 9.06. The van der Waals surface area contributed by atoms with Gasteiger partial charge in [-0.2, -0.15) is 0 Å². The number of phenolic OH excluding ortho intramolecular Hbond substituents is 1. The molecule has 2 heteroatoms. The van der Waals surface area contributed by atoms with Gasteiger partial charge in [0.15, 0.2) is 6.29 Å². The second-order valence-electron chi connectivity index (χ2n) is 8.88. The van der Waals surface area contributed by atoms with Gasteiger partial charge in [0, 0.05) is 5.56 Å². The monoisotopic (exact) mass is 314 g/mol. The molecule has 0 bridgehead atoms. The molecule has 1 N–H and O–H groups in total. The molecule has 1 aromatic rings. The van der Waals surface area contributed by atoms with Crippen LogP contribution < -0.4 is 0 Å². The Bertz CT molecular complexity index is 642. The fourth-order valence-corrected chi connectivity index (χ4v) is 5.69. The largest absolute Gasteiger partial charge is 0.507 e. The van der Waals surface area contributed by atoms with Gasteiger partial charge in [0.25, 0.3) is 0 Å². The van der Waals surface area contributed by atoms with E-state index in [1.54, 1.807) is 0 Å². The molecule has 2 atom stereocenters. The van der Waals surface area contributed by atoms with E-state index >= 15 is 0 Å².